The molecule has 0 radical (unpaired) electrons. The summed E-state index contributed by atoms with van der Waals surface area (Å²) in [4.78, 5) is 38.0. The number of hydrogen-bond donors (Lipinski definition) is 2. The third kappa shape index (κ3) is 5.03. The molecule has 1 aliphatic carbocycles. The molecule has 2 amide bonds. The molecular formula is C26H28N4O5. The number of amides is 2. The molecule has 35 heavy (non-hydrogen) atoms. The van der Waals surface area contributed by atoms with Gasteiger partial charge in [0.2, 0.25) is 0 Å². The number of aryl methyl sites for hydroxylation is 1. The number of nitrogens with one attached hydrogen (secondary N) is 1. The number of fused-ring (bicyclic) bond motifs is 3. The number of hydrogen-bond acceptors (Lipinski definition) is 5. The van der Waals surface area contributed by atoms with E-state index in [1.165, 1.54) is 15.8 Å². The van der Waals surface area contributed by atoms with Crippen LogP contribution in [-0.2, 0) is 23.1 Å². The van der Waals surface area contributed by atoms with E-state index in [0.29, 0.717) is 18.5 Å². The summed E-state index contributed by atoms with van der Waals surface area (Å²) in [6.45, 7) is 1.97. The van der Waals surface area contributed by atoms with Crippen molar-refractivity contribution in [2.45, 2.75) is 25.8 Å². The van der Waals surface area contributed by atoms with Crippen LogP contribution in [0.25, 0.3) is 11.1 Å². The van der Waals surface area contributed by atoms with E-state index in [1.807, 2.05) is 43.3 Å². The number of carboxylic acids is 1. The third-order valence-corrected chi connectivity index (χ3v) is 6.09. The van der Waals surface area contributed by atoms with Gasteiger partial charge in [0, 0.05) is 25.1 Å². The van der Waals surface area contributed by atoms with E-state index in [2.05, 4.69) is 22.5 Å². The first-order valence-electron chi connectivity index (χ1n) is 11.5. The summed E-state index contributed by atoms with van der Waals surface area (Å²) in [5, 5.41) is 16.0. The van der Waals surface area contributed by atoms with Gasteiger partial charge in [-0.3, -0.25) is 14.3 Å². The van der Waals surface area contributed by atoms with Crippen molar-refractivity contribution in [2.75, 3.05) is 19.7 Å². The monoisotopic (exact) mass is 476 g/mol. The number of ether oxygens (including phenoxy) is 1. The molecule has 1 aliphatic rings. The largest absolute Gasteiger partial charge is 0.480 e. The number of carboxylic acid groups (broad SMARTS) is 1. The zero-order valence-corrected chi connectivity index (χ0v) is 19.7. The highest BCUT2D eigenvalue weighted by Gasteiger charge is 2.29. The molecule has 0 bridgehead atoms. The van der Waals surface area contributed by atoms with Crippen LogP contribution >= 0.6 is 0 Å². The maximum Gasteiger partial charge on any atom is 0.407 e. The minimum atomic E-state index is -1.09. The Labute approximate surface area is 203 Å². The first-order chi connectivity index (χ1) is 16.9. The predicted octanol–water partition coefficient (Wildman–Crippen LogP) is 3.40. The first-order valence-corrected chi connectivity index (χ1v) is 11.5. The van der Waals surface area contributed by atoms with Crippen LogP contribution in [0.3, 0.4) is 0 Å². The van der Waals surface area contributed by atoms with Gasteiger partial charge in [-0.1, -0.05) is 55.5 Å². The van der Waals surface area contributed by atoms with Gasteiger partial charge in [-0.05, 0) is 28.7 Å². The molecule has 2 aromatic carbocycles. The van der Waals surface area contributed by atoms with E-state index in [0.717, 1.165) is 22.3 Å². The molecule has 0 aliphatic heterocycles. The van der Waals surface area contributed by atoms with E-state index in [4.69, 9.17) is 9.84 Å². The summed E-state index contributed by atoms with van der Waals surface area (Å²) >= 11 is 0. The molecule has 182 valence electrons. The van der Waals surface area contributed by atoms with E-state index in [1.54, 1.807) is 7.05 Å². The maximum atomic E-state index is 13.0. The van der Waals surface area contributed by atoms with Crippen molar-refractivity contribution in [1.29, 1.82) is 0 Å². The van der Waals surface area contributed by atoms with Gasteiger partial charge in [0.25, 0.3) is 5.91 Å². The van der Waals surface area contributed by atoms with Crippen molar-refractivity contribution in [3.05, 3.63) is 77.1 Å². The molecule has 1 heterocycles. The van der Waals surface area contributed by atoms with Crippen molar-refractivity contribution in [3.63, 3.8) is 0 Å². The molecule has 0 saturated heterocycles. The summed E-state index contributed by atoms with van der Waals surface area (Å²) in [6.07, 6.45) is 1.50. The zero-order chi connectivity index (χ0) is 24.9. The van der Waals surface area contributed by atoms with Crippen molar-refractivity contribution in [2.24, 2.45) is 7.05 Å². The summed E-state index contributed by atoms with van der Waals surface area (Å²) in [5.74, 6) is -1.59. The lowest BCUT2D eigenvalue weighted by Crippen LogP contribution is -2.38. The summed E-state index contributed by atoms with van der Waals surface area (Å²) in [6, 6.07) is 16.2. The molecule has 3 aromatic rings. The molecule has 0 spiro atoms. The van der Waals surface area contributed by atoms with Crippen LogP contribution < -0.4 is 5.32 Å². The number of carbonyl (C=O) groups is 3. The molecule has 0 saturated carbocycles. The van der Waals surface area contributed by atoms with Crippen molar-refractivity contribution in [3.8, 4) is 11.1 Å². The quantitative estimate of drug-likeness (QED) is 0.489. The normalized spacial score (nSPS) is 12.1. The molecule has 0 unspecified atom stereocenters. The molecular weight excluding hydrogens is 448 g/mol. The van der Waals surface area contributed by atoms with Crippen LogP contribution in [0.15, 0.2) is 54.7 Å². The number of carbonyl (C=O) groups excluding carboxylic acids is 2. The topological polar surface area (TPSA) is 114 Å². The summed E-state index contributed by atoms with van der Waals surface area (Å²) in [5.41, 5.74) is 5.26. The lowest BCUT2D eigenvalue weighted by molar-refractivity contribution is -0.137. The Hall–Kier alpha value is -4.14. The summed E-state index contributed by atoms with van der Waals surface area (Å²) in [7, 11) is 1.61. The van der Waals surface area contributed by atoms with Crippen molar-refractivity contribution < 1.29 is 24.2 Å². The van der Waals surface area contributed by atoms with Crippen LogP contribution in [0, 0.1) is 0 Å². The highest BCUT2D eigenvalue weighted by molar-refractivity contribution is 5.95. The average molecular weight is 477 g/mol. The van der Waals surface area contributed by atoms with Crippen LogP contribution in [0.1, 0.15) is 46.4 Å². The van der Waals surface area contributed by atoms with Gasteiger partial charge in [-0.2, -0.15) is 5.10 Å². The molecule has 2 N–H and O–H groups in total. The standard InChI is InChI=1S/C26H28N4O5/c1-3-12-30(15-23(31)32)25(33)24-17(14-28-29(24)2)13-27-26(34)35-16-22-20-10-6-4-8-18(20)19-9-5-7-11-21(19)22/h4-11,14,22H,3,12-13,15-16H2,1-2H3,(H,27,34)(H,31,32). The Morgan fingerprint density at radius 3 is 2.31 bits per heavy atom. The maximum absolute atomic E-state index is 13.0. The van der Waals surface area contributed by atoms with Crippen LogP contribution in [0.2, 0.25) is 0 Å². The molecule has 9 heteroatoms. The molecule has 9 nitrogen and oxygen atoms in total. The van der Waals surface area contributed by atoms with Crippen LogP contribution in [0.4, 0.5) is 4.79 Å². The lowest BCUT2D eigenvalue weighted by Gasteiger charge is -2.20. The van der Waals surface area contributed by atoms with Gasteiger partial charge >= 0.3 is 12.1 Å². The van der Waals surface area contributed by atoms with Gasteiger partial charge in [-0.25, -0.2) is 4.79 Å². The third-order valence-electron chi connectivity index (χ3n) is 6.09. The van der Waals surface area contributed by atoms with Gasteiger partial charge in [0.15, 0.2) is 0 Å². The summed E-state index contributed by atoms with van der Waals surface area (Å²) < 4.78 is 6.95. The molecule has 0 fully saturated rings. The number of aliphatic carboxylic acids is 1. The zero-order valence-electron chi connectivity index (χ0n) is 19.7. The fourth-order valence-electron chi connectivity index (χ4n) is 4.54. The highest BCUT2D eigenvalue weighted by atomic mass is 16.5. The first kappa shape index (κ1) is 24.0. The number of benzene rings is 2. The predicted molar refractivity (Wildman–Crippen MR) is 129 cm³/mol. The molecule has 4 rings (SSSR count). The Kier molecular flexibility index (Phi) is 7.14. The SMILES string of the molecule is CCCN(CC(=O)O)C(=O)c1c(CNC(=O)OCC2c3ccccc3-c3ccccc32)cnn1C. The second kappa shape index (κ2) is 10.4. The Morgan fingerprint density at radius 2 is 1.71 bits per heavy atom. The van der Waals surface area contributed by atoms with Crippen LogP contribution in [-0.4, -0.2) is 57.5 Å². The number of nitrogens with zero attached hydrogens (tertiary/aromatic N) is 3. The Balaban J connectivity index is 1.41. The fourth-order valence-corrected chi connectivity index (χ4v) is 4.54. The van der Waals surface area contributed by atoms with Gasteiger partial charge in [-0.15, -0.1) is 0 Å². The highest BCUT2D eigenvalue weighted by Crippen LogP contribution is 2.44. The molecule has 1 aromatic heterocycles. The van der Waals surface area contributed by atoms with E-state index >= 15 is 0 Å². The van der Waals surface area contributed by atoms with Crippen molar-refractivity contribution in [1.82, 2.24) is 20.0 Å². The Morgan fingerprint density at radius 1 is 1.09 bits per heavy atom. The van der Waals surface area contributed by atoms with E-state index < -0.39 is 24.5 Å². The molecule has 0 atom stereocenters. The van der Waals surface area contributed by atoms with E-state index in [9.17, 15) is 14.4 Å². The average Bonchev–Trinajstić information content (AvgIpc) is 3.38. The smallest absolute Gasteiger partial charge is 0.407 e. The van der Waals surface area contributed by atoms with Crippen molar-refractivity contribution >= 4 is 18.0 Å². The second-order valence-corrected chi connectivity index (χ2v) is 8.44. The Bertz CT molecular complexity index is 1210. The second-order valence-electron chi connectivity index (χ2n) is 8.44. The number of rotatable bonds is 9. The number of alkyl carbamates (subject to hydrolysis) is 1. The van der Waals surface area contributed by atoms with Gasteiger partial charge in [0.1, 0.15) is 18.8 Å². The minimum absolute atomic E-state index is 0.0264. The van der Waals surface area contributed by atoms with Gasteiger partial charge < -0.3 is 20.1 Å². The fraction of sp³-hybridized carbons (Fsp3) is 0.308. The van der Waals surface area contributed by atoms with E-state index in [-0.39, 0.29) is 24.8 Å². The number of aromatic nitrogens is 2. The van der Waals surface area contributed by atoms with Gasteiger partial charge in [0.05, 0.1) is 12.7 Å². The van der Waals surface area contributed by atoms with Crippen LogP contribution in [0.5, 0.6) is 0 Å². The minimum Gasteiger partial charge on any atom is -0.480 e. The lowest BCUT2D eigenvalue weighted by atomic mass is 9.98.